The van der Waals surface area contributed by atoms with Crippen LogP contribution in [0.3, 0.4) is 0 Å². The highest BCUT2D eigenvalue weighted by atomic mass is 15.2. The molecular weight excluding hydrogens is 236 g/mol. The van der Waals surface area contributed by atoms with E-state index in [0.717, 1.165) is 32.7 Å². The first-order valence-electron chi connectivity index (χ1n) is 6.92. The van der Waals surface area contributed by atoms with E-state index in [0.29, 0.717) is 0 Å². The van der Waals surface area contributed by atoms with Crippen molar-refractivity contribution in [2.75, 3.05) is 36.4 Å². The lowest BCUT2D eigenvalue weighted by Gasteiger charge is -2.28. The minimum Gasteiger partial charge on any atom is -0.378 e. The van der Waals surface area contributed by atoms with E-state index >= 15 is 0 Å². The van der Waals surface area contributed by atoms with Crippen LogP contribution in [0.15, 0.2) is 36.5 Å². The minimum absolute atomic E-state index is 0.906. The molecule has 0 radical (unpaired) electrons. The Kier molecular flexibility index (Phi) is 2.48. The molecule has 0 unspecified atom stereocenters. The van der Waals surface area contributed by atoms with Crippen LogP contribution in [0.2, 0.25) is 0 Å². The molecule has 0 aliphatic carbocycles. The standard InChI is InChI=1S/C15H18N4/c1-2-4-15-14(3-1)17-10-12-9-13(11-19(12)15)18-7-5-16-6-8-18/h1-4,9,11,16-17H,5-8,10H2. The Bertz CT molecular complexity index is 596. The molecule has 2 N–H and O–H groups in total. The van der Waals surface area contributed by atoms with E-state index < -0.39 is 0 Å². The smallest absolute Gasteiger partial charge is 0.0686 e. The highest BCUT2D eigenvalue weighted by Crippen LogP contribution is 2.31. The zero-order chi connectivity index (χ0) is 12.7. The van der Waals surface area contributed by atoms with Crippen LogP contribution in [-0.2, 0) is 6.54 Å². The summed E-state index contributed by atoms with van der Waals surface area (Å²) < 4.78 is 2.32. The van der Waals surface area contributed by atoms with E-state index in [4.69, 9.17) is 0 Å². The number of para-hydroxylation sites is 2. The first-order valence-corrected chi connectivity index (χ1v) is 6.92. The fourth-order valence-electron chi connectivity index (χ4n) is 2.97. The summed E-state index contributed by atoms with van der Waals surface area (Å²) >= 11 is 0. The first-order chi connectivity index (χ1) is 9.42. The quantitative estimate of drug-likeness (QED) is 0.814. The first kappa shape index (κ1) is 10.9. The van der Waals surface area contributed by atoms with Gasteiger partial charge in [0, 0.05) is 38.1 Å². The molecule has 2 aliphatic heterocycles. The predicted octanol–water partition coefficient (Wildman–Crippen LogP) is 1.81. The number of fused-ring (bicyclic) bond motifs is 3. The molecule has 0 amide bonds. The van der Waals surface area contributed by atoms with Crippen LogP contribution >= 0.6 is 0 Å². The van der Waals surface area contributed by atoms with Crippen molar-refractivity contribution in [3.05, 3.63) is 42.2 Å². The Hall–Kier alpha value is -1.94. The summed E-state index contributed by atoms with van der Waals surface area (Å²) in [4.78, 5) is 2.46. The van der Waals surface area contributed by atoms with Crippen molar-refractivity contribution in [1.82, 2.24) is 9.88 Å². The van der Waals surface area contributed by atoms with E-state index in [2.05, 4.69) is 56.6 Å². The third kappa shape index (κ3) is 1.79. The second-order valence-electron chi connectivity index (χ2n) is 5.17. The van der Waals surface area contributed by atoms with Gasteiger partial charge in [0.1, 0.15) is 0 Å². The Morgan fingerprint density at radius 3 is 2.79 bits per heavy atom. The maximum atomic E-state index is 3.48. The second kappa shape index (κ2) is 4.31. The van der Waals surface area contributed by atoms with Gasteiger partial charge in [-0.2, -0.15) is 0 Å². The number of benzene rings is 1. The molecule has 98 valence electrons. The molecule has 4 heteroatoms. The molecular formula is C15H18N4. The molecule has 0 spiro atoms. The molecule has 4 rings (SSSR count). The summed E-state index contributed by atoms with van der Waals surface area (Å²) in [6.45, 7) is 5.25. The lowest BCUT2D eigenvalue weighted by molar-refractivity contribution is 0.589. The van der Waals surface area contributed by atoms with E-state index in [-0.39, 0.29) is 0 Å². The van der Waals surface area contributed by atoms with E-state index in [1.807, 2.05) is 0 Å². The lowest BCUT2D eigenvalue weighted by Crippen LogP contribution is -2.43. The van der Waals surface area contributed by atoms with Gasteiger partial charge >= 0.3 is 0 Å². The molecule has 1 saturated heterocycles. The van der Waals surface area contributed by atoms with E-state index in [9.17, 15) is 0 Å². The minimum atomic E-state index is 0.906. The third-order valence-electron chi connectivity index (χ3n) is 3.99. The Labute approximate surface area is 113 Å². The molecule has 1 aromatic heterocycles. The number of anilines is 2. The van der Waals surface area contributed by atoms with Crippen molar-refractivity contribution in [3.63, 3.8) is 0 Å². The van der Waals surface area contributed by atoms with Crippen LogP contribution in [-0.4, -0.2) is 30.7 Å². The maximum absolute atomic E-state index is 3.48. The highest BCUT2D eigenvalue weighted by molar-refractivity contribution is 5.66. The highest BCUT2D eigenvalue weighted by Gasteiger charge is 2.19. The number of nitrogens with one attached hydrogen (secondary N) is 2. The molecule has 4 nitrogen and oxygen atoms in total. The second-order valence-corrected chi connectivity index (χ2v) is 5.17. The number of piperazine rings is 1. The monoisotopic (exact) mass is 254 g/mol. The normalized spacial score (nSPS) is 17.6. The fourth-order valence-corrected chi connectivity index (χ4v) is 2.97. The zero-order valence-electron chi connectivity index (χ0n) is 10.9. The van der Waals surface area contributed by atoms with Crippen LogP contribution in [0.4, 0.5) is 11.4 Å². The van der Waals surface area contributed by atoms with Crippen molar-refractivity contribution < 1.29 is 0 Å². The van der Waals surface area contributed by atoms with Crippen molar-refractivity contribution >= 4 is 11.4 Å². The summed E-state index contributed by atoms with van der Waals surface area (Å²) in [5.74, 6) is 0. The van der Waals surface area contributed by atoms with Gasteiger partial charge in [0.2, 0.25) is 0 Å². The number of hydrogen-bond donors (Lipinski definition) is 2. The van der Waals surface area contributed by atoms with Crippen LogP contribution in [0.5, 0.6) is 0 Å². The molecule has 0 atom stereocenters. The Balaban J connectivity index is 1.74. The number of nitrogens with zero attached hydrogens (tertiary/aromatic N) is 2. The summed E-state index contributed by atoms with van der Waals surface area (Å²) in [7, 11) is 0. The average Bonchev–Trinajstić information content (AvgIpc) is 2.93. The molecule has 2 aromatic rings. The molecule has 0 saturated carbocycles. The molecule has 1 aromatic carbocycles. The van der Waals surface area contributed by atoms with Gasteiger partial charge < -0.3 is 20.1 Å². The molecule has 2 aliphatic rings. The van der Waals surface area contributed by atoms with Gasteiger partial charge in [-0.05, 0) is 18.2 Å². The summed E-state index contributed by atoms with van der Waals surface area (Å²) in [5, 5.41) is 6.88. The van der Waals surface area contributed by atoms with Crippen molar-refractivity contribution in [2.24, 2.45) is 0 Å². The zero-order valence-corrected chi connectivity index (χ0v) is 10.9. The van der Waals surface area contributed by atoms with E-state index in [1.54, 1.807) is 0 Å². The van der Waals surface area contributed by atoms with E-state index in [1.165, 1.54) is 22.8 Å². The van der Waals surface area contributed by atoms with Crippen molar-refractivity contribution in [3.8, 4) is 5.69 Å². The molecule has 3 heterocycles. The molecule has 0 bridgehead atoms. The lowest BCUT2D eigenvalue weighted by atomic mass is 10.2. The van der Waals surface area contributed by atoms with Crippen LogP contribution in [0, 0.1) is 0 Å². The average molecular weight is 254 g/mol. The fraction of sp³-hybridized carbons (Fsp3) is 0.333. The van der Waals surface area contributed by atoms with Gasteiger partial charge in [0.15, 0.2) is 0 Å². The van der Waals surface area contributed by atoms with Gasteiger partial charge in [-0.3, -0.25) is 0 Å². The summed E-state index contributed by atoms with van der Waals surface area (Å²) in [6, 6.07) is 10.8. The van der Waals surface area contributed by atoms with Gasteiger partial charge in [0.25, 0.3) is 0 Å². The third-order valence-corrected chi connectivity index (χ3v) is 3.99. The largest absolute Gasteiger partial charge is 0.378 e. The summed E-state index contributed by atoms with van der Waals surface area (Å²) in [6.07, 6.45) is 2.28. The van der Waals surface area contributed by atoms with Crippen LogP contribution < -0.4 is 15.5 Å². The molecule has 1 fully saturated rings. The van der Waals surface area contributed by atoms with Gasteiger partial charge in [-0.15, -0.1) is 0 Å². The van der Waals surface area contributed by atoms with Crippen molar-refractivity contribution in [2.45, 2.75) is 6.54 Å². The van der Waals surface area contributed by atoms with Crippen molar-refractivity contribution in [1.29, 1.82) is 0 Å². The maximum Gasteiger partial charge on any atom is 0.0686 e. The topological polar surface area (TPSA) is 32.2 Å². The predicted molar refractivity (Wildman–Crippen MR) is 78.2 cm³/mol. The number of aromatic nitrogens is 1. The Morgan fingerprint density at radius 2 is 1.89 bits per heavy atom. The number of rotatable bonds is 1. The van der Waals surface area contributed by atoms with Crippen LogP contribution in [0.1, 0.15) is 5.69 Å². The molecule has 19 heavy (non-hydrogen) atoms. The number of hydrogen-bond acceptors (Lipinski definition) is 3. The van der Waals surface area contributed by atoms with Gasteiger partial charge in [0.05, 0.1) is 23.6 Å². The van der Waals surface area contributed by atoms with Crippen LogP contribution in [0.25, 0.3) is 5.69 Å². The summed E-state index contributed by atoms with van der Waals surface area (Å²) in [5.41, 5.74) is 5.16. The SMILES string of the molecule is c1ccc2c(c1)NCc1cc(N3CCNCC3)cn1-2. The van der Waals surface area contributed by atoms with Gasteiger partial charge in [-0.25, -0.2) is 0 Å². The Morgan fingerprint density at radius 1 is 1.05 bits per heavy atom. The van der Waals surface area contributed by atoms with Gasteiger partial charge in [-0.1, -0.05) is 12.1 Å².